The van der Waals surface area contributed by atoms with Crippen molar-refractivity contribution in [2.45, 2.75) is 20.8 Å². The minimum Gasteiger partial charge on any atom is -0.383 e. The number of anilines is 1. The SMILES string of the molecule is CCNc1c(C)cc(C)cc1F. The number of hydrogen-bond donors (Lipinski definition) is 1. The van der Waals surface area contributed by atoms with Crippen LogP contribution >= 0.6 is 0 Å². The molecule has 0 spiro atoms. The molecule has 0 heterocycles. The van der Waals surface area contributed by atoms with Crippen molar-refractivity contribution in [3.63, 3.8) is 0 Å². The van der Waals surface area contributed by atoms with Crippen LogP contribution < -0.4 is 5.32 Å². The Balaban J connectivity index is 3.10. The van der Waals surface area contributed by atoms with Crippen molar-refractivity contribution in [3.8, 4) is 0 Å². The van der Waals surface area contributed by atoms with E-state index in [1.165, 1.54) is 0 Å². The van der Waals surface area contributed by atoms with Crippen LogP contribution in [0.2, 0.25) is 0 Å². The van der Waals surface area contributed by atoms with Crippen LogP contribution in [0.5, 0.6) is 0 Å². The van der Waals surface area contributed by atoms with Gasteiger partial charge in [-0.05, 0) is 38.0 Å². The van der Waals surface area contributed by atoms with Crippen molar-refractivity contribution in [2.24, 2.45) is 0 Å². The average Bonchev–Trinajstić information content (AvgIpc) is 1.96. The van der Waals surface area contributed by atoms with Gasteiger partial charge >= 0.3 is 0 Å². The van der Waals surface area contributed by atoms with E-state index in [0.29, 0.717) is 5.69 Å². The standard InChI is InChI=1S/C10H14FN/c1-4-12-10-8(3)5-7(2)6-9(10)11/h5-6,12H,4H2,1-3H3. The van der Waals surface area contributed by atoms with Gasteiger partial charge in [0.05, 0.1) is 5.69 Å². The summed E-state index contributed by atoms with van der Waals surface area (Å²) in [5.74, 6) is -0.158. The Morgan fingerprint density at radius 2 is 2.00 bits per heavy atom. The van der Waals surface area contributed by atoms with Crippen molar-refractivity contribution < 1.29 is 4.39 Å². The predicted molar refractivity (Wildman–Crippen MR) is 50.0 cm³/mol. The molecule has 1 rings (SSSR count). The third-order valence-corrected chi connectivity index (χ3v) is 1.79. The minimum absolute atomic E-state index is 0.158. The minimum atomic E-state index is -0.158. The van der Waals surface area contributed by atoms with Gasteiger partial charge in [0, 0.05) is 6.54 Å². The third-order valence-electron chi connectivity index (χ3n) is 1.79. The van der Waals surface area contributed by atoms with Gasteiger partial charge in [0.1, 0.15) is 5.82 Å². The molecular weight excluding hydrogens is 153 g/mol. The van der Waals surface area contributed by atoms with E-state index in [1.54, 1.807) is 6.07 Å². The molecule has 0 fully saturated rings. The number of benzene rings is 1. The Labute approximate surface area is 72.6 Å². The van der Waals surface area contributed by atoms with Crippen LogP contribution in [0.25, 0.3) is 0 Å². The van der Waals surface area contributed by atoms with Gasteiger partial charge in [0.2, 0.25) is 0 Å². The zero-order valence-electron chi connectivity index (χ0n) is 7.74. The molecule has 0 aliphatic heterocycles. The Kier molecular flexibility index (Phi) is 2.69. The summed E-state index contributed by atoms with van der Waals surface area (Å²) in [5, 5.41) is 3.00. The van der Waals surface area contributed by atoms with Gasteiger partial charge < -0.3 is 5.32 Å². The average molecular weight is 167 g/mol. The highest BCUT2D eigenvalue weighted by Gasteiger charge is 2.04. The quantitative estimate of drug-likeness (QED) is 0.714. The molecule has 0 atom stereocenters. The summed E-state index contributed by atoms with van der Waals surface area (Å²) in [5.41, 5.74) is 2.56. The molecule has 0 saturated heterocycles. The lowest BCUT2D eigenvalue weighted by molar-refractivity contribution is 0.628. The second-order valence-electron chi connectivity index (χ2n) is 2.97. The van der Waals surface area contributed by atoms with Gasteiger partial charge in [-0.1, -0.05) is 6.07 Å². The van der Waals surface area contributed by atoms with Crippen molar-refractivity contribution in [1.82, 2.24) is 0 Å². The van der Waals surface area contributed by atoms with Crippen LogP contribution in [0, 0.1) is 19.7 Å². The number of rotatable bonds is 2. The van der Waals surface area contributed by atoms with Crippen LogP contribution in [0.3, 0.4) is 0 Å². The largest absolute Gasteiger partial charge is 0.383 e. The number of halogens is 1. The highest BCUT2D eigenvalue weighted by molar-refractivity contribution is 5.53. The molecule has 0 aliphatic rings. The molecule has 0 aromatic heterocycles. The molecule has 0 bridgehead atoms. The number of aryl methyl sites for hydroxylation is 2. The summed E-state index contributed by atoms with van der Waals surface area (Å²) in [7, 11) is 0. The summed E-state index contributed by atoms with van der Waals surface area (Å²) in [6.07, 6.45) is 0. The van der Waals surface area contributed by atoms with Crippen LogP contribution in [0.1, 0.15) is 18.1 Å². The van der Waals surface area contributed by atoms with Gasteiger partial charge in [0.25, 0.3) is 0 Å². The summed E-state index contributed by atoms with van der Waals surface area (Å²) in [4.78, 5) is 0. The Bertz CT molecular complexity index is 258. The molecule has 0 unspecified atom stereocenters. The smallest absolute Gasteiger partial charge is 0.146 e. The molecule has 1 nitrogen and oxygen atoms in total. The maximum Gasteiger partial charge on any atom is 0.146 e. The summed E-state index contributed by atoms with van der Waals surface area (Å²) >= 11 is 0. The molecule has 0 aliphatic carbocycles. The van der Waals surface area contributed by atoms with Crippen molar-refractivity contribution >= 4 is 5.69 Å². The monoisotopic (exact) mass is 167 g/mol. The lowest BCUT2D eigenvalue weighted by Gasteiger charge is -2.09. The Morgan fingerprint density at radius 3 is 2.50 bits per heavy atom. The highest BCUT2D eigenvalue weighted by Crippen LogP contribution is 2.20. The molecular formula is C10H14FN. The maximum absolute atomic E-state index is 13.2. The van der Waals surface area contributed by atoms with Gasteiger partial charge in [-0.3, -0.25) is 0 Å². The maximum atomic E-state index is 13.2. The van der Waals surface area contributed by atoms with Crippen molar-refractivity contribution in [2.75, 3.05) is 11.9 Å². The van der Waals surface area contributed by atoms with Gasteiger partial charge in [-0.2, -0.15) is 0 Å². The second-order valence-corrected chi connectivity index (χ2v) is 2.97. The summed E-state index contributed by atoms with van der Waals surface area (Å²) in [6, 6.07) is 3.52. The number of hydrogen-bond acceptors (Lipinski definition) is 1. The first-order valence-corrected chi connectivity index (χ1v) is 4.15. The van der Waals surface area contributed by atoms with Gasteiger partial charge in [-0.25, -0.2) is 4.39 Å². The zero-order valence-corrected chi connectivity index (χ0v) is 7.74. The van der Waals surface area contributed by atoms with Crippen molar-refractivity contribution in [3.05, 3.63) is 29.1 Å². The Morgan fingerprint density at radius 1 is 1.33 bits per heavy atom. The second kappa shape index (κ2) is 3.57. The van der Waals surface area contributed by atoms with E-state index in [0.717, 1.165) is 17.7 Å². The fraction of sp³-hybridized carbons (Fsp3) is 0.400. The van der Waals surface area contributed by atoms with Gasteiger partial charge in [0.15, 0.2) is 0 Å². The normalized spacial score (nSPS) is 10.0. The lowest BCUT2D eigenvalue weighted by atomic mass is 10.1. The third kappa shape index (κ3) is 1.76. The van der Waals surface area contributed by atoms with E-state index >= 15 is 0 Å². The highest BCUT2D eigenvalue weighted by atomic mass is 19.1. The summed E-state index contributed by atoms with van der Waals surface area (Å²) < 4.78 is 13.2. The van der Waals surface area contributed by atoms with Crippen LogP contribution in [0.15, 0.2) is 12.1 Å². The number of nitrogens with one attached hydrogen (secondary N) is 1. The fourth-order valence-electron chi connectivity index (χ4n) is 1.32. The molecule has 1 N–H and O–H groups in total. The first kappa shape index (κ1) is 9.04. The molecule has 1 aromatic rings. The topological polar surface area (TPSA) is 12.0 Å². The first-order valence-electron chi connectivity index (χ1n) is 4.15. The van der Waals surface area contributed by atoms with Crippen LogP contribution in [0.4, 0.5) is 10.1 Å². The summed E-state index contributed by atoms with van der Waals surface area (Å²) in [6.45, 7) is 6.51. The van der Waals surface area contributed by atoms with Gasteiger partial charge in [-0.15, -0.1) is 0 Å². The molecule has 2 heteroatoms. The molecule has 12 heavy (non-hydrogen) atoms. The van der Waals surface area contributed by atoms with Crippen LogP contribution in [-0.4, -0.2) is 6.54 Å². The zero-order chi connectivity index (χ0) is 9.14. The fourth-order valence-corrected chi connectivity index (χ4v) is 1.32. The molecule has 0 radical (unpaired) electrons. The van der Waals surface area contributed by atoms with Crippen molar-refractivity contribution in [1.29, 1.82) is 0 Å². The first-order chi connectivity index (χ1) is 5.65. The van der Waals surface area contributed by atoms with Crippen LogP contribution in [-0.2, 0) is 0 Å². The van der Waals surface area contributed by atoms with E-state index in [4.69, 9.17) is 0 Å². The molecule has 0 saturated carbocycles. The van der Waals surface area contributed by atoms with E-state index in [-0.39, 0.29) is 5.82 Å². The molecule has 66 valence electrons. The lowest BCUT2D eigenvalue weighted by Crippen LogP contribution is -2.01. The predicted octanol–water partition coefficient (Wildman–Crippen LogP) is 2.87. The molecule has 1 aromatic carbocycles. The van der Waals surface area contributed by atoms with E-state index in [1.807, 2.05) is 26.8 Å². The Hall–Kier alpha value is -1.05. The van der Waals surface area contributed by atoms with E-state index in [9.17, 15) is 4.39 Å². The molecule has 0 amide bonds. The van der Waals surface area contributed by atoms with E-state index < -0.39 is 0 Å². The van der Waals surface area contributed by atoms with E-state index in [2.05, 4.69) is 5.32 Å².